The fourth-order valence-corrected chi connectivity index (χ4v) is 2.34. The molecule has 0 fully saturated rings. The summed E-state index contributed by atoms with van der Waals surface area (Å²) in [4.78, 5) is 4.07. The highest BCUT2D eigenvalue weighted by Gasteiger charge is 2.24. The number of benzene rings is 1. The van der Waals surface area contributed by atoms with E-state index in [0.29, 0.717) is 6.54 Å². The van der Waals surface area contributed by atoms with Gasteiger partial charge >= 0.3 is 0 Å². The molecule has 1 aromatic heterocycles. The molecule has 0 radical (unpaired) electrons. The van der Waals surface area contributed by atoms with Gasteiger partial charge in [-0.1, -0.05) is 38.4 Å². The fourth-order valence-electron chi connectivity index (χ4n) is 2.14. The van der Waals surface area contributed by atoms with E-state index in [1.807, 2.05) is 12.5 Å². The van der Waals surface area contributed by atoms with Gasteiger partial charge in [0, 0.05) is 31.5 Å². The van der Waals surface area contributed by atoms with Gasteiger partial charge in [-0.3, -0.25) is 0 Å². The number of aromatic nitrogens is 2. The van der Waals surface area contributed by atoms with Gasteiger partial charge in [0.15, 0.2) is 0 Å². The molecule has 0 saturated heterocycles. The van der Waals surface area contributed by atoms with Crippen LogP contribution < -0.4 is 5.32 Å². The Morgan fingerprint density at radius 3 is 2.71 bits per heavy atom. The third-order valence-corrected chi connectivity index (χ3v) is 3.82. The van der Waals surface area contributed by atoms with Gasteiger partial charge in [-0.25, -0.2) is 9.37 Å². The Bertz CT molecular complexity index is 576. The third kappa shape index (κ3) is 4.55. The minimum absolute atomic E-state index is 0.0914. The minimum Gasteiger partial charge on any atom is -0.336 e. The van der Waals surface area contributed by atoms with Crippen LogP contribution in [0.3, 0.4) is 0 Å². The lowest BCUT2D eigenvalue weighted by atomic mass is 9.86. The number of hydrogen-bond donors (Lipinski definition) is 1. The first kappa shape index (κ1) is 16.0. The topological polar surface area (TPSA) is 29.9 Å². The van der Waals surface area contributed by atoms with Crippen LogP contribution in [0.25, 0.3) is 0 Å². The Kier molecular flexibility index (Phi) is 5.01. The first-order chi connectivity index (χ1) is 9.86. The van der Waals surface area contributed by atoms with E-state index in [1.165, 1.54) is 6.07 Å². The maximum absolute atomic E-state index is 13.2. The maximum atomic E-state index is 13.2. The molecule has 0 amide bonds. The van der Waals surface area contributed by atoms with Gasteiger partial charge in [-0.15, -0.1) is 0 Å². The van der Waals surface area contributed by atoms with Crippen LogP contribution in [0, 0.1) is 11.2 Å². The summed E-state index contributed by atoms with van der Waals surface area (Å²) in [5.41, 5.74) is 1.06. The van der Waals surface area contributed by atoms with Crippen molar-refractivity contribution in [2.24, 2.45) is 5.41 Å². The van der Waals surface area contributed by atoms with E-state index in [0.717, 1.165) is 12.1 Å². The molecule has 2 aromatic rings. The van der Waals surface area contributed by atoms with E-state index in [-0.39, 0.29) is 22.3 Å². The predicted molar refractivity (Wildman–Crippen MR) is 83.7 cm³/mol. The summed E-state index contributed by atoms with van der Waals surface area (Å²) in [5.74, 6) is -0.383. The van der Waals surface area contributed by atoms with Crippen molar-refractivity contribution >= 4 is 11.6 Å². The lowest BCUT2D eigenvalue weighted by molar-refractivity contribution is 0.240. The van der Waals surface area contributed by atoms with Crippen LogP contribution in [-0.2, 0) is 13.1 Å². The summed E-state index contributed by atoms with van der Waals surface area (Å²) in [6.45, 7) is 8.06. The van der Waals surface area contributed by atoms with Gasteiger partial charge < -0.3 is 9.88 Å². The van der Waals surface area contributed by atoms with Crippen LogP contribution in [-0.4, -0.2) is 15.6 Å². The lowest BCUT2D eigenvalue weighted by Crippen LogP contribution is -2.42. The summed E-state index contributed by atoms with van der Waals surface area (Å²) in [6.07, 6.45) is 5.55. The zero-order valence-corrected chi connectivity index (χ0v) is 13.4. The van der Waals surface area contributed by atoms with Crippen LogP contribution in [0.2, 0.25) is 5.02 Å². The maximum Gasteiger partial charge on any atom is 0.141 e. The Morgan fingerprint density at radius 2 is 2.14 bits per heavy atom. The van der Waals surface area contributed by atoms with Crippen molar-refractivity contribution in [1.82, 2.24) is 14.9 Å². The van der Waals surface area contributed by atoms with Gasteiger partial charge in [0.25, 0.3) is 0 Å². The first-order valence-electron chi connectivity index (χ1n) is 6.99. The zero-order chi connectivity index (χ0) is 15.5. The summed E-state index contributed by atoms with van der Waals surface area (Å²) in [5, 5.41) is 3.69. The number of imidazole rings is 1. The Labute approximate surface area is 130 Å². The van der Waals surface area contributed by atoms with Crippen molar-refractivity contribution in [3.05, 3.63) is 53.3 Å². The molecule has 1 unspecified atom stereocenters. The standard InChI is InChI=1S/C16H21ClFN3/c1-16(2,3)15(10-21-7-6-19-11-21)20-9-12-4-5-14(18)13(17)8-12/h4-8,11,15,20H,9-10H2,1-3H3. The zero-order valence-electron chi connectivity index (χ0n) is 12.6. The van der Waals surface area contributed by atoms with Crippen molar-refractivity contribution in [2.75, 3.05) is 0 Å². The van der Waals surface area contributed by atoms with Crippen molar-refractivity contribution in [1.29, 1.82) is 0 Å². The highest BCUT2D eigenvalue weighted by molar-refractivity contribution is 6.30. The average molecular weight is 310 g/mol. The molecule has 0 aliphatic carbocycles. The highest BCUT2D eigenvalue weighted by Crippen LogP contribution is 2.22. The highest BCUT2D eigenvalue weighted by atomic mass is 35.5. The number of halogens is 2. The van der Waals surface area contributed by atoms with Crippen LogP contribution in [0.5, 0.6) is 0 Å². The molecule has 114 valence electrons. The molecule has 5 heteroatoms. The second kappa shape index (κ2) is 6.58. The van der Waals surface area contributed by atoms with E-state index >= 15 is 0 Å². The van der Waals surface area contributed by atoms with Crippen molar-refractivity contribution in [3.8, 4) is 0 Å². The normalized spacial score (nSPS) is 13.4. The predicted octanol–water partition coefficient (Wildman–Crippen LogP) is 3.88. The Morgan fingerprint density at radius 1 is 1.38 bits per heavy atom. The number of rotatable bonds is 5. The monoisotopic (exact) mass is 309 g/mol. The van der Waals surface area contributed by atoms with Gasteiger partial charge in [-0.2, -0.15) is 0 Å². The average Bonchev–Trinajstić information content (AvgIpc) is 2.90. The van der Waals surface area contributed by atoms with Crippen LogP contribution in [0.1, 0.15) is 26.3 Å². The van der Waals surface area contributed by atoms with Crippen molar-refractivity contribution in [2.45, 2.75) is 39.9 Å². The molecule has 2 rings (SSSR count). The molecule has 1 aromatic carbocycles. The van der Waals surface area contributed by atoms with E-state index in [4.69, 9.17) is 11.6 Å². The molecule has 1 heterocycles. The molecule has 21 heavy (non-hydrogen) atoms. The molecular weight excluding hydrogens is 289 g/mol. The number of nitrogens with zero attached hydrogens (tertiary/aromatic N) is 2. The third-order valence-electron chi connectivity index (χ3n) is 3.53. The van der Waals surface area contributed by atoms with E-state index in [2.05, 4.69) is 35.6 Å². The van der Waals surface area contributed by atoms with Gasteiger partial charge in [0.1, 0.15) is 5.82 Å². The summed E-state index contributed by atoms with van der Waals surface area (Å²) in [7, 11) is 0. The molecule has 1 N–H and O–H groups in total. The molecule has 0 saturated carbocycles. The molecule has 0 spiro atoms. The minimum atomic E-state index is -0.383. The first-order valence-corrected chi connectivity index (χ1v) is 7.37. The van der Waals surface area contributed by atoms with Gasteiger partial charge in [0.2, 0.25) is 0 Å². The summed E-state index contributed by atoms with van der Waals surface area (Å²) in [6, 6.07) is 5.09. The number of hydrogen-bond acceptors (Lipinski definition) is 2. The second-order valence-electron chi connectivity index (χ2n) is 6.31. The molecule has 1 atom stereocenters. The molecule has 3 nitrogen and oxygen atoms in total. The van der Waals surface area contributed by atoms with Crippen molar-refractivity contribution < 1.29 is 4.39 Å². The molecular formula is C16H21ClFN3. The second-order valence-corrected chi connectivity index (χ2v) is 6.71. The van der Waals surface area contributed by atoms with Gasteiger partial charge in [-0.05, 0) is 23.1 Å². The molecule has 0 aliphatic rings. The van der Waals surface area contributed by atoms with Crippen LogP contribution >= 0.6 is 11.6 Å². The van der Waals surface area contributed by atoms with Crippen LogP contribution in [0.4, 0.5) is 4.39 Å². The SMILES string of the molecule is CC(C)(C)C(Cn1ccnc1)NCc1ccc(F)c(Cl)c1. The quantitative estimate of drug-likeness (QED) is 0.908. The van der Waals surface area contributed by atoms with Crippen LogP contribution in [0.15, 0.2) is 36.9 Å². The Hall–Kier alpha value is -1.39. The van der Waals surface area contributed by atoms with Crippen molar-refractivity contribution in [3.63, 3.8) is 0 Å². The fraction of sp³-hybridized carbons (Fsp3) is 0.438. The van der Waals surface area contributed by atoms with Gasteiger partial charge in [0.05, 0.1) is 11.3 Å². The Balaban J connectivity index is 2.03. The number of nitrogens with one attached hydrogen (secondary N) is 1. The molecule has 0 aliphatic heterocycles. The van der Waals surface area contributed by atoms with E-state index < -0.39 is 0 Å². The smallest absolute Gasteiger partial charge is 0.141 e. The largest absolute Gasteiger partial charge is 0.336 e. The molecule has 0 bridgehead atoms. The van der Waals surface area contributed by atoms with E-state index in [1.54, 1.807) is 18.3 Å². The lowest BCUT2D eigenvalue weighted by Gasteiger charge is -2.32. The summed E-state index contributed by atoms with van der Waals surface area (Å²) < 4.78 is 15.2. The van der Waals surface area contributed by atoms with E-state index in [9.17, 15) is 4.39 Å². The summed E-state index contributed by atoms with van der Waals surface area (Å²) >= 11 is 5.82.